The summed E-state index contributed by atoms with van der Waals surface area (Å²) < 4.78 is 0. The van der Waals surface area contributed by atoms with Crippen LogP contribution in [0.4, 0.5) is 5.69 Å². The van der Waals surface area contributed by atoms with E-state index in [1.54, 1.807) is 18.2 Å². The number of nitrogens with one attached hydrogen (secondary N) is 2. The van der Waals surface area contributed by atoms with Gasteiger partial charge in [0, 0.05) is 29.9 Å². The summed E-state index contributed by atoms with van der Waals surface area (Å²) in [4.78, 5) is 11.8. The Labute approximate surface area is 129 Å². The van der Waals surface area contributed by atoms with E-state index in [0.29, 0.717) is 12.1 Å². The summed E-state index contributed by atoms with van der Waals surface area (Å²) >= 11 is 0. The van der Waals surface area contributed by atoms with Crippen LogP contribution in [0.15, 0.2) is 42.5 Å². The minimum absolute atomic E-state index is 0.0870. The second-order valence-corrected chi connectivity index (χ2v) is 5.00. The zero-order chi connectivity index (χ0) is 15.9. The number of hydrogen-bond acceptors (Lipinski definition) is 4. The molecule has 0 radical (unpaired) electrons. The molecule has 0 aromatic heterocycles. The van der Waals surface area contributed by atoms with Gasteiger partial charge in [0.15, 0.2) is 0 Å². The van der Waals surface area contributed by atoms with Crippen LogP contribution in [0.2, 0.25) is 0 Å². The summed E-state index contributed by atoms with van der Waals surface area (Å²) in [5.74, 6) is 0.0583. The average molecular weight is 300 g/mol. The van der Waals surface area contributed by atoms with Crippen molar-refractivity contribution in [1.29, 1.82) is 0 Å². The quantitative estimate of drug-likeness (QED) is 0.658. The molecule has 0 saturated heterocycles. The van der Waals surface area contributed by atoms with Crippen molar-refractivity contribution in [2.24, 2.45) is 0 Å². The third kappa shape index (κ3) is 3.99. The first-order chi connectivity index (χ1) is 10.6. The molecular formula is C17H20N2O3. The SMILES string of the molecule is Cc1cccc(CNc2cccc(C(=O)NCCO)c2)c1O. The van der Waals surface area contributed by atoms with Crippen molar-refractivity contribution < 1.29 is 15.0 Å². The number of aromatic hydroxyl groups is 1. The molecule has 5 nitrogen and oxygen atoms in total. The maximum atomic E-state index is 11.8. The monoisotopic (exact) mass is 300 g/mol. The molecule has 2 aromatic carbocycles. The minimum Gasteiger partial charge on any atom is -0.507 e. The van der Waals surface area contributed by atoms with E-state index in [2.05, 4.69) is 10.6 Å². The lowest BCUT2D eigenvalue weighted by Gasteiger charge is -2.11. The largest absolute Gasteiger partial charge is 0.507 e. The summed E-state index contributed by atoms with van der Waals surface area (Å²) in [6.45, 7) is 2.46. The fourth-order valence-corrected chi connectivity index (χ4v) is 2.10. The Hall–Kier alpha value is -2.53. The number of aliphatic hydroxyl groups is 1. The lowest BCUT2D eigenvalue weighted by molar-refractivity contribution is 0.0945. The van der Waals surface area contributed by atoms with Crippen LogP contribution in [0.3, 0.4) is 0 Å². The normalized spacial score (nSPS) is 10.3. The molecule has 0 unspecified atom stereocenters. The van der Waals surface area contributed by atoms with Crippen LogP contribution in [0.25, 0.3) is 0 Å². The number of anilines is 1. The molecule has 116 valence electrons. The predicted octanol–water partition coefficient (Wildman–Crippen LogP) is 2.03. The minimum atomic E-state index is -0.226. The first-order valence-corrected chi connectivity index (χ1v) is 7.12. The highest BCUT2D eigenvalue weighted by atomic mass is 16.3. The van der Waals surface area contributed by atoms with Gasteiger partial charge < -0.3 is 20.8 Å². The van der Waals surface area contributed by atoms with Gasteiger partial charge in [0.1, 0.15) is 5.75 Å². The number of aryl methyl sites for hydroxylation is 1. The maximum Gasteiger partial charge on any atom is 0.251 e. The van der Waals surface area contributed by atoms with Crippen molar-refractivity contribution in [2.45, 2.75) is 13.5 Å². The third-order valence-corrected chi connectivity index (χ3v) is 3.33. The number of aliphatic hydroxyl groups excluding tert-OH is 1. The molecule has 1 amide bonds. The van der Waals surface area contributed by atoms with Crippen LogP contribution in [0, 0.1) is 6.92 Å². The van der Waals surface area contributed by atoms with Crippen molar-refractivity contribution in [3.05, 3.63) is 59.2 Å². The van der Waals surface area contributed by atoms with E-state index >= 15 is 0 Å². The van der Waals surface area contributed by atoms with Gasteiger partial charge in [0.05, 0.1) is 6.61 Å². The summed E-state index contributed by atoms with van der Waals surface area (Å²) in [6.07, 6.45) is 0. The number of phenolic OH excluding ortho intramolecular Hbond substituents is 1. The van der Waals surface area contributed by atoms with Crippen molar-refractivity contribution in [3.8, 4) is 5.75 Å². The van der Waals surface area contributed by atoms with Gasteiger partial charge in [-0.1, -0.05) is 24.3 Å². The summed E-state index contributed by atoms with van der Waals surface area (Å²) in [5.41, 5.74) is 2.94. The maximum absolute atomic E-state index is 11.8. The Morgan fingerprint density at radius 2 is 1.95 bits per heavy atom. The van der Waals surface area contributed by atoms with Crippen LogP contribution in [0.1, 0.15) is 21.5 Å². The highest BCUT2D eigenvalue weighted by Crippen LogP contribution is 2.22. The molecule has 0 aliphatic rings. The first-order valence-electron chi connectivity index (χ1n) is 7.12. The number of hydrogen-bond donors (Lipinski definition) is 4. The molecule has 0 bridgehead atoms. The second-order valence-electron chi connectivity index (χ2n) is 5.00. The van der Waals surface area contributed by atoms with Crippen LogP contribution < -0.4 is 10.6 Å². The van der Waals surface area contributed by atoms with Crippen molar-refractivity contribution in [1.82, 2.24) is 5.32 Å². The van der Waals surface area contributed by atoms with E-state index in [1.165, 1.54) is 0 Å². The Morgan fingerprint density at radius 3 is 2.73 bits per heavy atom. The van der Waals surface area contributed by atoms with Crippen molar-refractivity contribution >= 4 is 11.6 Å². The van der Waals surface area contributed by atoms with Crippen LogP contribution in [0.5, 0.6) is 5.75 Å². The highest BCUT2D eigenvalue weighted by molar-refractivity contribution is 5.95. The lowest BCUT2D eigenvalue weighted by Crippen LogP contribution is -2.26. The zero-order valence-corrected chi connectivity index (χ0v) is 12.5. The van der Waals surface area contributed by atoms with E-state index in [0.717, 1.165) is 16.8 Å². The molecule has 0 heterocycles. The van der Waals surface area contributed by atoms with E-state index in [1.807, 2.05) is 31.2 Å². The number of carbonyl (C=O) groups excluding carboxylic acids is 1. The highest BCUT2D eigenvalue weighted by Gasteiger charge is 2.06. The summed E-state index contributed by atoms with van der Waals surface area (Å²) in [7, 11) is 0. The zero-order valence-electron chi connectivity index (χ0n) is 12.5. The molecule has 2 aromatic rings. The third-order valence-electron chi connectivity index (χ3n) is 3.33. The molecule has 0 fully saturated rings. The van der Waals surface area contributed by atoms with Gasteiger partial charge >= 0.3 is 0 Å². The fraction of sp³-hybridized carbons (Fsp3) is 0.235. The molecule has 0 atom stereocenters. The molecule has 0 aliphatic carbocycles. The number of amides is 1. The van der Waals surface area contributed by atoms with Gasteiger partial charge in [-0.05, 0) is 30.7 Å². The Morgan fingerprint density at radius 1 is 1.18 bits per heavy atom. The molecular weight excluding hydrogens is 280 g/mol. The molecule has 0 spiro atoms. The summed E-state index contributed by atoms with van der Waals surface area (Å²) in [5, 5.41) is 24.5. The Balaban J connectivity index is 2.04. The van der Waals surface area contributed by atoms with E-state index < -0.39 is 0 Å². The molecule has 0 aliphatic heterocycles. The van der Waals surface area contributed by atoms with E-state index in [-0.39, 0.29) is 24.8 Å². The Bertz CT molecular complexity index is 656. The smallest absolute Gasteiger partial charge is 0.251 e. The summed E-state index contributed by atoms with van der Waals surface area (Å²) in [6, 6.07) is 12.7. The van der Waals surface area contributed by atoms with E-state index in [4.69, 9.17) is 5.11 Å². The van der Waals surface area contributed by atoms with Gasteiger partial charge in [0.25, 0.3) is 5.91 Å². The second kappa shape index (κ2) is 7.47. The van der Waals surface area contributed by atoms with Gasteiger partial charge in [-0.3, -0.25) is 4.79 Å². The number of phenols is 1. The van der Waals surface area contributed by atoms with Crippen LogP contribution in [-0.4, -0.2) is 29.3 Å². The Kier molecular flexibility index (Phi) is 5.38. The van der Waals surface area contributed by atoms with Gasteiger partial charge in [0.2, 0.25) is 0 Å². The molecule has 0 saturated carbocycles. The number of rotatable bonds is 6. The predicted molar refractivity (Wildman–Crippen MR) is 86.0 cm³/mol. The number of carbonyl (C=O) groups is 1. The van der Waals surface area contributed by atoms with Crippen molar-refractivity contribution in [3.63, 3.8) is 0 Å². The van der Waals surface area contributed by atoms with Gasteiger partial charge in [-0.25, -0.2) is 0 Å². The average Bonchev–Trinajstić information content (AvgIpc) is 2.54. The molecule has 5 heteroatoms. The van der Waals surface area contributed by atoms with Crippen molar-refractivity contribution in [2.75, 3.05) is 18.5 Å². The standard InChI is InChI=1S/C17H20N2O3/c1-12-4-2-6-14(16(12)21)11-19-15-7-3-5-13(10-15)17(22)18-8-9-20/h2-7,10,19-21H,8-9,11H2,1H3,(H,18,22). The van der Waals surface area contributed by atoms with Gasteiger partial charge in [-0.15, -0.1) is 0 Å². The van der Waals surface area contributed by atoms with E-state index in [9.17, 15) is 9.90 Å². The topological polar surface area (TPSA) is 81.6 Å². The molecule has 4 N–H and O–H groups in total. The molecule has 22 heavy (non-hydrogen) atoms. The number of para-hydroxylation sites is 1. The van der Waals surface area contributed by atoms with Crippen LogP contribution >= 0.6 is 0 Å². The number of benzene rings is 2. The molecule has 2 rings (SSSR count). The van der Waals surface area contributed by atoms with Crippen LogP contribution in [-0.2, 0) is 6.54 Å². The van der Waals surface area contributed by atoms with Gasteiger partial charge in [-0.2, -0.15) is 0 Å². The fourth-order valence-electron chi connectivity index (χ4n) is 2.10. The lowest BCUT2D eigenvalue weighted by atomic mass is 10.1. The first kappa shape index (κ1) is 15.9.